The average molecular weight is 537 g/mol. The van der Waals surface area contributed by atoms with Crippen molar-refractivity contribution in [3.8, 4) is 0 Å². The van der Waals surface area contributed by atoms with Gasteiger partial charge in [-0.3, -0.25) is 24.6 Å². The lowest BCUT2D eigenvalue weighted by atomic mass is 10.2. The Balaban J connectivity index is 1.83. The Morgan fingerprint density at radius 2 is 1.94 bits per heavy atom. The number of aromatic nitrogens is 1. The molecule has 34 heavy (non-hydrogen) atoms. The molecule has 0 atom stereocenters. The number of ether oxygens (including phenoxy) is 1. The number of carbonyl (C=O) groups excluding carboxylic acids is 3. The zero-order chi connectivity index (χ0) is 24.8. The predicted molar refractivity (Wildman–Crippen MR) is 135 cm³/mol. The van der Waals surface area contributed by atoms with Crippen molar-refractivity contribution in [2.75, 3.05) is 18.5 Å². The summed E-state index contributed by atoms with van der Waals surface area (Å²) >= 11 is 12.1. The maximum Gasteiger partial charge on any atom is 0.341 e. The van der Waals surface area contributed by atoms with E-state index in [1.165, 1.54) is 5.38 Å². The summed E-state index contributed by atoms with van der Waals surface area (Å²) in [7, 11) is 0. The van der Waals surface area contributed by atoms with Crippen LogP contribution in [0.3, 0.4) is 0 Å². The van der Waals surface area contributed by atoms with Crippen LogP contribution in [0.25, 0.3) is 5.57 Å². The Hall–Kier alpha value is -3.20. The van der Waals surface area contributed by atoms with E-state index < -0.39 is 30.3 Å². The Labute approximate surface area is 212 Å². The van der Waals surface area contributed by atoms with Crippen molar-refractivity contribution in [1.29, 1.82) is 0 Å². The fourth-order valence-corrected chi connectivity index (χ4v) is 4.95. The van der Waals surface area contributed by atoms with Gasteiger partial charge in [0.25, 0.3) is 11.8 Å². The second-order valence-corrected chi connectivity index (χ2v) is 9.30. The summed E-state index contributed by atoms with van der Waals surface area (Å²) in [4.78, 5) is 53.9. The molecule has 0 saturated carbocycles. The van der Waals surface area contributed by atoms with Gasteiger partial charge in [0, 0.05) is 10.9 Å². The van der Waals surface area contributed by atoms with Gasteiger partial charge < -0.3 is 15.2 Å². The molecule has 1 aromatic carbocycles. The summed E-state index contributed by atoms with van der Waals surface area (Å²) in [5.41, 5.74) is 0.383. The van der Waals surface area contributed by atoms with Crippen LogP contribution in [-0.4, -0.2) is 61.3 Å². The number of nitrogens with one attached hydrogen (secondary N) is 2. The number of esters is 1. The first kappa shape index (κ1) is 25.4. The normalized spacial score (nSPS) is 14.6. The van der Waals surface area contributed by atoms with Crippen LogP contribution >= 0.6 is 47.5 Å². The molecule has 10 nitrogen and oxygen atoms in total. The molecule has 1 aromatic heterocycles. The highest BCUT2D eigenvalue weighted by Gasteiger charge is 2.38. The van der Waals surface area contributed by atoms with Crippen LogP contribution in [0.1, 0.15) is 23.0 Å². The number of hydrogen-bond acceptors (Lipinski definition) is 10. The van der Waals surface area contributed by atoms with E-state index in [0.29, 0.717) is 5.56 Å². The van der Waals surface area contributed by atoms with E-state index >= 15 is 0 Å². The molecule has 1 fully saturated rings. The van der Waals surface area contributed by atoms with Gasteiger partial charge in [-0.1, -0.05) is 42.2 Å². The van der Waals surface area contributed by atoms with Gasteiger partial charge in [0.2, 0.25) is 0 Å². The number of anilines is 1. The lowest BCUT2D eigenvalue weighted by Crippen LogP contribution is -2.34. The molecule has 1 aliphatic rings. The summed E-state index contributed by atoms with van der Waals surface area (Å²) < 4.78 is 5.09. The number of carboxylic acids is 1. The lowest BCUT2D eigenvalue weighted by molar-refractivity contribution is -0.140. The van der Waals surface area contributed by atoms with Gasteiger partial charge >= 0.3 is 11.9 Å². The Morgan fingerprint density at radius 1 is 1.24 bits per heavy atom. The third-order valence-corrected chi connectivity index (χ3v) is 6.50. The zero-order valence-corrected chi connectivity index (χ0v) is 20.7. The maximum atomic E-state index is 12.8. The van der Waals surface area contributed by atoms with E-state index in [1.54, 1.807) is 37.3 Å². The Bertz CT molecular complexity index is 1210. The van der Waals surface area contributed by atoms with E-state index in [4.69, 9.17) is 34.3 Å². The number of aliphatic carboxylic acids is 1. The van der Waals surface area contributed by atoms with Crippen LogP contribution in [0.15, 0.2) is 40.6 Å². The third-order valence-electron chi connectivity index (χ3n) is 4.09. The highest BCUT2D eigenvalue weighted by atomic mass is 32.2. The van der Waals surface area contributed by atoms with Crippen LogP contribution < -0.4 is 10.6 Å². The number of benzene rings is 1. The molecule has 2 heterocycles. The summed E-state index contributed by atoms with van der Waals surface area (Å²) in [6, 6.07) is 8.47. The quantitative estimate of drug-likeness (QED) is 0.273. The molecule has 0 aliphatic carbocycles. The highest BCUT2D eigenvalue weighted by molar-refractivity contribution is 8.26. The van der Waals surface area contributed by atoms with Crippen molar-refractivity contribution in [3.63, 3.8) is 0 Å². The minimum atomic E-state index is -1.25. The number of carbonyl (C=O) groups is 4. The number of rotatable bonds is 7. The summed E-state index contributed by atoms with van der Waals surface area (Å²) in [5, 5.41) is 16.1. The maximum absolute atomic E-state index is 12.8. The van der Waals surface area contributed by atoms with Crippen LogP contribution in [0.4, 0.5) is 5.13 Å². The minimum Gasteiger partial charge on any atom is -0.480 e. The molecule has 3 rings (SSSR count). The fraction of sp³-hybridized carbons (Fsp3) is 0.150. The minimum absolute atomic E-state index is 0.00239. The summed E-state index contributed by atoms with van der Waals surface area (Å²) in [6.45, 7) is 1.01. The molecule has 2 amide bonds. The highest BCUT2D eigenvalue weighted by Crippen LogP contribution is 2.38. The largest absolute Gasteiger partial charge is 0.480 e. The SMILES string of the molecule is CCOC(=O)/C(=C1/SC(=S)N(CC(=O)O)C1=O)c1csc(NC(=S)NC(=O)c2ccccc2)n1. The molecule has 1 saturated heterocycles. The molecule has 3 N–H and O–H groups in total. The van der Waals surface area contributed by atoms with Crippen LogP contribution in [0.5, 0.6) is 0 Å². The monoisotopic (exact) mass is 536 g/mol. The molecular weight excluding hydrogens is 521 g/mol. The molecule has 1 aliphatic heterocycles. The van der Waals surface area contributed by atoms with Gasteiger partial charge in [-0.2, -0.15) is 0 Å². The third kappa shape index (κ3) is 6.02. The summed E-state index contributed by atoms with van der Waals surface area (Å²) in [5.74, 6) is -3.20. The molecular formula is C20H16N4O6S4. The van der Waals surface area contributed by atoms with Crippen molar-refractivity contribution >= 4 is 91.4 Å². The lowest BCUT2D eigenvalue weighted by Gasteiger charge is -2.11. The van der Waals surface area contributed by atoms with E-state index in [1.807, 2.05) is 0 Å². The first-order chi connectivity index (χ1) is 16.2. The van der Waals surface area contributed by atoms with Crippen molar-refractivity contribution < 1.29 is 29.0 Å². The zero-order valence-electron chi connectivity index (χ0n) is 17.4. The number of thiocarbonyl (C=S) groups is 2. The molecule has 0 spiro atoms. The van der Waals surface area contributed by atoms with Gasteiger partial charge in [-0.25, -0.2) is 9.78 Å². The molecule has 176 valence electrons. The van der Waals surface area contributed by atoms with Crippen molar-refractivity contribution in [2.24, 2.45) is 0 Å². The number of nitrogens with zero attached hydrogens (tertiary/aromatic N) is 2. The number of thiazole rings is 1. The molecule has 14 heteroatoms. The van der Waals surface area contributed by atoms with E-state index in [2.05, 4.69) is 15.6 Å². The molecule has 0 unspecified atom stereocenters. The number of carboxylic acid groups (broad SMARTS) is 1. The molecule has 2 aromatic rings. The molecule has 0 bridgehead atoms. The number of thioether (sulfide) groups is 1. The van der Waals surface area contributed by atoms with Crippen molar-refractivity contribution in [2.45, 2.75) is 6.92 Å². The van der Waals surface area contributed by atoms with Gasteiger partial charge in [-0.15, -0.1) is 11.3 Å². The van der Waals surface area contributed by atoms with E-state index in [-0.39, 0.29) is 37.3 Å². The smallest absolute Gasteiger partial charge is 0.341 e. The Kier molecular flexibility index (Phi) is 8.44. The first-order valence-electron chi connectivity index (χ1n) is 9.51. The van der Waals surface area contributed by atoms with Gasteiger partial charge in [0.05, 0.1) is 17.2 Å². The van der Waals surface area contributed by atoms with Gasteiger partial charge in [-0.05, 0) is 31.3 Å². The van der Waals surface area contributed by atoms with Crippen LogP contribution in [-0.2, 0) is 19.1 Å². The molecule has 0 radical (unpaired) electrons. The topological polar surface area (TPSA) is 138 Å². The first-order valence-corrected chi connectivity index (χ1v) is 12.0. The summed E-state index contributed by atoms with van der Waals surface area (Å²) in [6.07, 6.45) is 0. The van der Waals surface area contributed by atoms with Crippen molar-refractivity contribution in [3.05, 3.63) is 51.9 Å². The van der Waals surface area contributed by atoms with Gasteiger partial charge in [0.1, 0.15) is 16.4 Å². The number of hydrogen-bond donors (Lipinski definition) is 3. The van der Waals surface area contributed by atoms with Crippen molar-refractivity contribution in [1.82, 2.24) is 15.2 Å². The van der Waals surface area contributed by atoms with Crippen LogP contribution in [0.2, 0.25) is 0 Å². The second-order valence-electron chi connectivity index (χ2n) is 6.39. The number of amides is 2. The standard InChI is InChI=1S/C20H16N4O6S4/c1-2-30-17(29)13(14-16(28)24(8-12(25)26)20(32)34-14)11-9-33-19(21-11)23-18(31)22-15(27)10-6-4-3-5-7-10/h3-7,9H,2,8H2,1H3,(H,25,26)(H2,21,22,23,27,31)/b14-13+. The fourth-order valence-electron chi connectivity index (χ4n) is 2.68. The van der Waals surface area contributed by atoms with Gasteiger partial charge in [0.15, 0.2) is 10.2 Å². The predicted octanol–water partition coefficient (Wildman–Crippen LogP) is 2.49. The van der Waals surface area contributed by atoms with Crippen LogP contribution in [0, 0.1) is 0 Å². The van der Waals surface area contributed by atoms with E-state index in [0.717, 1.165) is 28.0 Å². The van der Waals surface area contributed by atoms with E-state index in [9.17, 15) is 19.2 Å². The average Bonchev–Trinajstić information content (AvgIpc) is 3.34. The second kappa shape index (κ2) is 11.3. The Morgan fingerprint density at radius 3 is 2.59 bits per heavy atom.